The van der Waals surface area contributed by atoms with Gasteiger partial charge < -0.3 is 5.43 Å². The van der Waals surface area contributed by atoms with Crippen molar-refractivity contribution in [2.45, 2.75) is 18.8 Å². The molecule has 0 aliphatic heterocycles. The van der Waals surface area contributed by atoms with Gasteiger partial charge in [-0.05, 0) is 25.0 Å². The molecule has 1 aliphatic carbocycles. The van der Waals surface area contributed by atoms with Crippen LogP contribution in [0.25, 0.3) is 11.4 Å². The molecule has 3 rings (SSSR count). The van der Waals surface area contributed by atoms with Crippen LogP contribution in [-0.2, 0) is 0 Å². The molecule has 0 amide bonds. The number of nitrogens with two attached hydrogens (primary N) is 1. The monoisotopic (exact) mass is 278 g/mol. The van der Waals surface area contributed by atoms with E-state index in [4.69, 9.17) is 17.4 Å². The van der Waals surface area contributed by atoms with E-state index < -0.39 is 5.82 Å². The topological polar surface area (TPSA) is 63.8 Å². The van der Waals surface area contributed by atoms with Gasteiger partial charge in [-0.2, -0.15) is 0 Å². The summed E-state index contributed by atoms with van der Waals surface area (Å²) in [5, 5.41) is 0.0557. The number of aromatic nitrogens is 2. The van der Waals surface area contributed by atoms with E-state index in [-0.39, 0.29) is 10.6 Å². The molecule has 4 nitrogen and oxygen atoms in total. The second-order valence-electron chi connectivity index (χ2n) is 4.52. The Kier molecular flexibility index (Phi) is 3.08. The summed E-state index contributed by atoms with van der Waals surface area (Å²) >= 11 is 5.78. The molecule has 1 aromatic carbocycles. The molecule has 0 bridgehead atoms. The number of hydrogen-bond donors (Lipinski definition) is 2. The fraction of sp³-hybridized carbons (Fsp3) is 0.231. The maximum Gasteiger partial charge on any atom is 0.164 e. The van der Waals surface area contributed by atoms with Gasteiger partial charge in [0.15, 0.2) is 11.6 Å². The summed E-state index contributed by atoms with van der Waals surface area (Å²) in [5.41, 5.74) is 3.66. The molecular weight excluding hydrogens is 267 g/mol. The SMILES string of the molecule is NNc1cc(C2CC2)nc(-c2cccc(Cl)c2F)n1. The van der Waals surface area contributed by atoms with E-state index in [0.29, 0.717) is 17.6 Å². The molecule has 0 radical (unpaired) electrons. The molecule has 98 valence electrons. The van der Waals surface area contributed by atoms with Gasteiger partial charge in [-0.3, -0.25) is 0 Å². The number of rotatable bonds is 3. The van der Waals surface area contributed by atoms with Crippen LogP contribution in [0.4, 0.5) is 10.2 Å². The van der Waals surface area contributed by atoms with Crippen molar-refractivity contribution in [3.8, 4) is 11.4 Å². The minimum Gasteiger partial charge on any atom is -0.308 e. The maximum absolute atomic E-state index is 14.0. The standard InChI is InChI=1S/C13H12ClFN4/c14-9-3-1-2-8(12(9)15)13-17-10(7-4-5-7)6-11(18-13)19-16/h1-3,6-7H,4-5,16H2,(H,17,18,19). The van der Waals surface area contributed by atoms with Crippen LogP contribution < -0.4 is 11.3 Å². The molecule has 19 heavy (non-hydrogen) atoms. The molecule has 0 atom stereocenters. The predicted octanol–water partition coefficient (Wildman–Crippen LogP) is 3.10. The van der Waals surface area contributed by atoms with Crippen LogP contribution in [-0.4, -0.2) is 9.97 Å². The van der Waals surface area contributed by atoms with Crippen LogP contribution in [0, 0.1) is 5.82 Å². The molecule has 6 heteroatoms. The maximum atomic E-state index is 14.0. The van der Waals surface area contributed by atoms with Crippen LogP contribution in [0.3, 0.4) is 0 Å². The molecule has 3 N–H and O–H groups in total. The molecule has 1 aliphatic rings. The molecule has 0 saturated heterocycles. The Morgan fingerprint density at radius 1 is 1.32 bits per heavy atom. The second kappa shape index (κ2) is 4.75. The van der Waals surface area contributed by atoms with Crippen molar-refractivity contribution in [3.63, 3.8) is 0 Å². The van der Waals surface area contributed by atoms with E-state index in [1.165, 1.54) is 6.07 Å². The first-order valence-electron chi connectivity index (χ1n) is 5.99. The van der Waals surface area contributed by atoms with E-state index in [1.807, 2.05) is 0 Å². The van der Waals surface area contributed by atoms with Crippen LogP contribution in [0.5, 0.6) is 0 Å². The summed E-state index contributed by atoms with van der Waals surface area (Å²) in [6.07, 6.45) is 2.19. The second-order valence-corrected chi connectivity index (χ2v) is 4.93. The van der Waals surface area contributed by atoms with Gasteiger partial charge in [0.05, 0.1) is 10.6 Å². The van der Waals surface area contributed by atoms with Gasteiger partial charge in [0.25, 0.3) is 0 Å². The highest BCUT2D eigenvalue weighted by Crippen LogP contribution is 2.40. The number of nitrogen functional groups attached to an aromatic ring is 1. The average molecular weight is 279 g/mol. The molecule has 0 unspecified atom stereocenters. The lowest BCUT2D eigenvalue weighted by Crippen LogP contribution is -2.10. The number of anilines is 1. The third kappa shape index (κ3) is 2.39. The van der Waals surface area contributed by atoms with E-state index in [9.17, 15) is 4.39 Å². The van der Waals surface area contributed by atoms with Gasteiger partial charge in [-0.25, -0.2) is 20.2 Å². The van der Waals surface area contributed by atoms with Gasteiger partial charge in [-0.1, -0.05) is 17.7 Å². The molecule has 0 spiro atoms. The summed E-state index contributed by atoms with van der Waals surface area (Å²) < 4.78 is 14.0. The number of halogens is 2. The van der Waals surface area contributed by atoms with Crippen LogP contribution in [0.1, 0.15) is 24.5 Å². The van der Waals surface area contributed by atoms with E-state index in [0.717, 1.165) is 18.5 Å². The van der Waals surface area contributed by atoms with Gasteiger partial charge >= 0.3 is 0 Å². The van der Waals surface area contributed by atoms with Gasteiger partial charge in [0, 0.05) is 17.7 Å². The van der Waals surface area contributed by atoms with Crippen molar-refractivity contribution in [2.75, 3.05) is 5.43 Å². The number of hydrogen-bond acceptors (Lipinski definition) is 4. The first kappa shape index (κ1) is 12.3. The lowest BCUT2D eigenvalue weighted by Gasteiger charge is -2.08. The van der Waals surface area contributed by atoms with E-state index in [1.54, 1.807) is 18.2 Å². The van der Waals surface area contributed by atoms with E-state index in [2.05, 4.69) is 15.4 Å². The minimum atomic E-state index is -0.514. The zero-order valence-corrected chi connectivity index (χ0v) is 10.8. The van der Waals surface area contributed by atoms with Gasteiger partial charge in [0.1, 0.15) is 5.82 Å². The lowest BCUT2D eigenvalue weighted by atomic mass is 10.2. The average Bonchev–Trinajstić information content (AvgIpc) is 3.26. The summed E-state index contributed by atoms with van der Waals surface area (Å²) in [5.74, 6) is 6.09. The predicted molar refractivity (Wildman–Crippen MR) is 72.2 cm³/mol. The van der Waals surface area contributed by atoms with Crippen molar-refractivity contribution in [1.82, 2.24) is 9.97 Å². The molecule has 1 heterocycles. The number of nitrogens with zero attached hydrogens (tertiary/aromatic N) is 2. The summed E-state index contributed by atoms with van der Waals surface area (Å²) in [6, 6.07) is 6.56. The Labute approximate surface area is 114 Å². The highest BCUT2D eigenvalue weighted by molar-refractivity contribution is 6.31. The Bertz CT molecular complexity index is 628. The summed E-state index contributed by atoms with van der Waals surface area (Å²) in [7, 11) is 0. The van der Waals surface area contributed by atoms with Crippen LogP contribution in [0.2, 0.25) is 5.02 Å². The Morgan fingerprint density at radius 2 is 2.11 bits per heavy atom. The van der Waals surface area contributed by atoms with Crippen molar-refractivity contribution in [3.05, 3.63) is 40.8 Å². The molecule has 1 aromatic heterocycles. The van der Waals surface area contributed by atoms with Crippen molar-refractivity contribution >= 4 is 17.4 Å². The fourth-order valence-electron chi connectivity index (χ4n) is 1.93. The van der Waals surface area contributed by atoms with Gasteiger partial charge in [-0.15, -0.1) is 0 Å². The first-order valence-corrected chi connectivity index (χ1v) is 6.37. The Morgan fingerprint density at radius 3 is 2.79 bits per heavy atom. The zero-order chi connectivity index (χ0) is 13.4. The van der Waals surface area contributed by atoms with Crippen molar-refractivity contribution < 1.29 is 4.39 Å². The largest absolute Gasteiger partial charge is 0.308 e. The van der Waals surface area contributed by atoms with Crippen molar-refractivity contribution in [1.29, 1.82) is 0 Å². The van der Waals surface area contributed by atoms with Gasteiger partial charge in [0.2, 0.25) is 0 Å². The highest BCUT2D eigenvalue weighted by Gasteiger charge is 2.26. The quantitative estimate of drug-likeness (QED) is 0.669. The Hall–Kier alpha value is -1.72. The normalized spacial score (nSPS) is 14.5. The number of hydrazine groups is 1. The number of benzene rings is 1. The number of nitrogens with one attached hydrogen (secondary N) is 1. The molecule has 2 aromatic rings. The van der Waals surface area contributed by atoms with E-state index >= 15 is 0 Å². The lowest BCUT2D eigenvalue weighted by molar-refractivity contribution is 0.630. The van der Waals surface area contributed by atoms with Crippen molar-refractivity contribution in [2.24, 2.45) is 5.84 Å². The first-order chi connectivity index (χ1) is 9.19. The zero-order valence-electron chi connectivity index (χ0n) is 10.0. The molecular formula is C13H12ClFN4. The fourth-order valence-corrected chi connectivity index (χ4v) is 2.10. The van der Waals surface area contributed by atoms with Crippen LogP contribution >= 0.6 is 11.6 Å². The Balaban J connectivity index is 2.13. The summed E-state index contributed by atoms with van der Waals surface area (Å²) in [4.78, 5) is 8.60. The molecule has 1 saturated carbocycles. The van der Waals surface area contributed by atoms with Crippen LogP contribution in [0.15, 0.2) is 24.3 Å². The highest BCUT2D eigenvalue weighted by atomic mass is 35.5. The summed E-state index contributed by atoms with van der Waals surface area (Å²) in [6.45, 7) is 0. The minimum absolute atomic E-state index is 0.0557. The third-order valence-corrected chi connectivity index (χ3v) is 3.37. The third-order valence-electron chi connectivity index (χ3n) is 3.08. The molecule has 1 fully saturated rings. The smallest absolute Gasteiger partial charge is 0.164 e.